The topological polar surface area (TPSA) is 57.6 Å². The van der Waals surface area contributed by atoms with Crippen LogP contribution in [0.15, 0.2) is 0 Å². The predicted octanol–water partition coefficient (Wildman–Crippen LogP) is 0.440. The van der Waals surface area contributed by atoms with Crippen molar-refractivity contribution in [3.63, 3.8) is 0 Å². The molecule has 1 aliphatic carbocycles. The van der Waals surface area contributed by atoms with Crippen LogP contribution in [-0.2, 0) is 9.59 Å². The SMILES string of the molecule is O=C1CCC(=O)N1CCC1(O)CCC1. The number of rotatable bonds is 3. The quantitative estimate of drug-likeness (QED) is 0.668. The van der Waals surface area contributed by atoms with Crippen LogP contribution in [0, 0.1) is 0 Å². The molecule has 1 aliphatic heterocycles. The first-order valence-electron chi connectivity index (χ1n) is 5.16. The lowest BCUT2D eigenvalue weighted by Gasteiger charge is -2.37. The van der Waals surface area contributed by atoms with Crippen molar-refractivity contribution in [3.8, 4) is 0 Å². The third-order valence-electron chi connectivity index (χ3n) is 3.24. The van der Waals surface area contributed by atoms with Crippen molar-refractivity contribution < 1.29 is 14.7 Å². The summed E-state index contributed by atoms with van der Waals surface area (Å²) >= 11 is 0. The van der Waals surface area contributed by atoms with Crippen LogP contribution in [0.1, 0.15) is 38.5 Å². The van der Waals surface area contributed by atoms with E-state index in [1.807, 2.05) is 0 Å². The monoisotopic (exact) mass is 197 g/mol. The van der Waals surface area contributed by atoms with Crippen LogP contribution < -0.4 is 0 Å². The molecule has 0 spiro atoms. The molecule has 1 saturated carbocycles. The number of likely N-dealkylation sites (tertiary alicyclic amines) is 1. The molecule has 1 saturated heterocycles. The Balaban J connectivity index is 1.85. The molecule has 14 heavy (non-hydrogen) atoms. The first-order chi connectivity index (χ1) is 6.61. The maximum atomic E-state index is 11.2. The number of amides is 2. The summed E-state index contributed by atoms with van der Waals surface area (Å²) in [6.07, 6.45) is 3.91. The third-order valence-corrected chi connectivity index (χ3v) is 3.24. The molecule has 0 aromatic heterocycles. The maximum absolute atomic E-state index is 11.2. The van der Waals surface area contributed by atoms with E-state index in [0.29, 0.717) is 25.8 Å². The zero-order chi connectivity index (χ0) is 10.2. The molecule has 4 nitrogen and oxygen atoms in total. The maximum Gasteiger partial charge on any atom is 0.229 e. The molecule has 2 amide bonds. The molecule has 2 aliphatic rings. The molecule has 1 heterocycles. The van der Waals surface area contributed by atoms with E-state index in [-0.39, 0.29) is 11.8 Å². The van der Waals surface area contributed by atoms with Gasteiger partial charge in [0.1, 0.15) is 0 Å². The minimum Gasteiger partial charge on any atom is -0.390 e. The van der Waals surface area contributed by atoms with Gasteiger partial charge in [0, 0.05) is 19.4 Å². The second-order valence-electron chi connectivity index (χ2n) is 4.27. The van der Waals surface area contributed by atoms with E-state index in [0.717, 1.165) is 19.3 Å². The van der Waals surface area contributed by atoms with E-state index in [9.17, 15) is 14.7 Å². The molecule has 0 atom stereocenters. The van der Waals surface area contributed by atoms with E-state index in [4.69, 9.17) is 0 Å². The van der Waals surface area contributed by atoms with Gasteiger partial charge in [-0.25, -0.2) is 0 Å². The Morgan fingerprint density at radius 2 is 1.79 bits per heavy atom. The number of imide groups is 1. The Labute approximate surface area is 82.9 Å². The summed E-state index contributed by atoms with van der Waals surface area (Å²) in [6.45, 7) is 0.397. The average Bonchev–Trinajstić information content (AvgIpc) is 2.41. The summed E-state index contributed by atoms with van der Waals surface area (Å²) in [5.41, 5.74) is -0.594. The Bertz CT molecular complexity index is 255. The molecule has 1 N–H and O–H groups in total. The van der Waals surface area contributed by atoms with Gasteiger partial charge in [0.2, 0.25) is 11.8 Å². The highest BCUT2D eigenvalue weighted by atomic mass is 16.3. The number of hydrogen-bond acceptors (Lipinski definition) is 3. The van der Waals surface area contributed by atoms with Crippen molar-refractivity contribution in [2.75, 3.05) is 6.54 Å². The van der Waals surface area contributed by atoms with E-state index in [1.54, 1.807) is 0 Å². The van der Waals surface area contributed by atoms with Crippen LogP contribution in [0.2, 0.25) is 0 Å². The molecule has 0 radical (unpaired) electrons. The van der Waals surface area contributed by atoms with Gasteiger partial charge >= 0.3 is 0 Å². The van der Waals surface area contributed by atoms with Crippen LogP contribution in [0.5, 0.6) is 0 Å². The Hall–Kier alpha value is -0.900. The highest BCUT2D eigenvalue weighted by Crippen LogP contribution is 2.34. The second kappa shape index (κ2) is 3.35. The minimum absolute atomic E-state index is 0.0853. The molecule has 0 aromatic carbocycles. The van der Waals surface area contributed by atoms with Crippen LogP contribution in [0.25, 0.3) is 0 Å². The minimum atomic E-state index is -0.594. The number of aliphatic hydroxyl groups is 1. The van der Waals surface area contributed by atoms with Crippen LogP contribution >= 0.6 is 0 Å². The average molecular weight is 197 g/mol. The summed E-state index contributed by atoms with van der Waals surface area (Å²) in [5, 5.41) is 9.79. The Kier molecular flexibility index (Phi) is 2.31. The van der Waals surface area contributed by atoms with Crippen LogP contribution in [-0.4, -0.2) is 34.0 Å². The van der Waals surface area contributed by atoms with Crippen LogP contribution in [0.4, 0.5) is 0 Å². The largest absolute Gasteiger partial charge is 0.390 e. The van der Waals surface area contributed by atoms with Gasteiger partial charge in [-0.3, -0.25) is 14.5 Å². The summed E-state index contributed by atoms with van der Waals surface area (Å²) in [5.74, 6) is -0.171. The number of hydrogen-bond donors (Lipinski definition) is 1. The fourth-order valence-corrected chi connectivity index (χ4v) is 2.03. The van der Waals surface area contributed by atoms with Crippen molar-refractivity contribution in [2.24, 2.45) is 0 Å². The Morgan fingerprint density at radius 3 is 2.21 bits per heavy atom. The fourth-order valence-electron chi connectivity index (χ4n) is 2.03. The lowest BCUT2D eigenvalue weighted by molar-refractivity contribution is -0.139. The molecular formula is C10H15NO3. The molecule has 2 fully saturated rings. The lowest BCUT2D eigenvalue weighted by Crippen LogP contribution is -2.41. The lowest BCUT2D eigenvalue weighted by atomic mass is 9.78. The van der Waals surface area contributed by atoms with Gasteiger partial charge in [0.15, 0.2) is 0 Å². The smallest absolute Gasteiger partial charge is 0.229 e. The molecular weight excluding hydrogens is 182 g/mol. The first-order valence-corrected chi connectivity index (χ1v) is 5.16. The Morgan fingerprint density at radius 1 is 1.21 bits per heavy atom. The standard InChI is InChI=1S/C10H15NO3/c12-8-2-3-9(13)11(8)7-6-10(14)4-1-5-10/h14H,1-7H2. The number of carbonyl (C=O) groups is 2. The van der Waals surface area contributed by atoms with Crippen molar-refractivity contribution in [1.29, 1.82) is 0 Å². The fraction of sp³-hybridized carbons (Fsp3) is 0.800. The first kappa shape index (κ1) is 9.65. The normalized spacial score (nSPS) is 25.4. The van der Waals surface area contributed by atoms with E-state index < -0.39 is 5.60 Å². The second-order valence-corrected chi connectivity index (χ2v) is 4.27. The number of nitrogens with zero attached hydrogens (tertiary/aromatic N) is 1. The van der Waals surface area contributed by atoms with Gasteiger partial charge < -0.3 is 5.11 Å². The van der Waals surface area contributed by atoms with Gasteiger partial charge in [-0.2, -0.15) is 0 Å². The van der Waals surface area contributed by atoms with Gasteiger partial charge in [-0.05, 0) is 25.7 Å². The molecule has 2 rings (SSSR count). The molecule has 0 unspecified atom stereocenters. The molecule has 4 heteroatoms. The highest BCUT2D eigenvalue weighted by molar-refractivity contribution is 6.01. The van der Waals surface area contributed by atoms with E-state index in [2.05, 4.69) is 0 Å². The van der Waals surface area contributed by atoms with Gasteiger partial charge in [0.05, 0.1) is 5.60 Å². The number of carbonyl (C=O) groups excluding carboxylic acids is 2. The summed E-state index contributed by atoms with van der Waals surface area (Å²) in [4.78, 5) is 23.8. The predicted molar refractivity (Wildman–Crippen MR) is 49.4 cm³/mol. The summed E-state index contributed by atoms with van der Waals surface area (Å²) < 4.78 is 0. The van der Waals surface area contributed by atoms with Crippen molar-refractivity contribution in [2.45, 2.75) is 44.1 Å². The zero-order valence-electron chi connectivity index (χ0n) is 8.16. The van der Waals surface area contributed by atoms with Gasteiger partial charge in [-0.15, -0.1) is 0 Å². The third kappa shape index (κ3) is 1.66. The van der Waals surface area contributed by atoms with Gasteiger partial charge in [0.25, 0.3) is 0 Å². The van der Waals surface area contributed by atoms with Crippen LogP contribution in [0.3, 0.4) is 0 Å². The summed E-state index contributed by atoms with van der Waals surface area (Å²) in [7, 11) is 0. The van der Waals surface area contributed by atoms with Crippen molar-refractivity contribution >= 4 is 11.8 Å². The van der Waals surface area contributed by atoms with E-state index in [1.165, 1.54) is 4.90 Å². The van der Waals surface area contributed by atoms with Crippen molar-refractivity contribution in [1.82, 2.24) is 4.90 Å². The molecule has 0 bridgehead atoms. The van der Waals surface area contributed by atoms with Gasteiger partial charge in [-0.1, -0.05) is 0 Å². The molecule has 0 aromatic rings. The van der Waals surface area contributed by atoms with Crippen molar-refractivity contribution in [3.05, 3.63) is 0 Å². The highest BCUT2D eigenvalue weighted by Gasteiger charge is 2.37. The molecule has 78 valence electrons. The van der Waals surface area contributed by atoms with E-state index >= 15 is 0 Å². The zero-order valence-corrected chi connectivity index (χ0v) is 8.16. The summed E-state index contributed by atoms with van der Waals surface area (Å²) in [6, 6.07) is 0.